The van der Waals surface area contributed by atoms with Crippen LogP contribution in [0.4, 0.5) is 0 Å². The SMILES string of the molecule is CC1NC(=O)CCC1NC(=O)c1ccnn1CCc1ccccc1. The molecular weight excluding hydrogens is 304 g/mol. The van der Waals surface area contributed by atoms with Crippen LogP contribution in [0.3, 0.4) is 0 Å². The van der Waals surface area contributed by atoms with Gasteiger partial charge in [-0.15, -0.1) is 0 Å². The summed E-state index contributed by atoms with van der Waals surface area (Å²) in [5, 5.41) is 10.1. The third-order valence-electron chi connectivity index (χ3n) is 4.40. The maximum Gasteiger partial charge on any atom is 0.269 e. The number of carbonyl (C=O) groups is 2. The van der Waals surface area contributed by atoms with E-state index in [1.807, 2.05) is 25.1 Å². The molecule has 0 radical (unpaired) electrons. The molecule has 1 fully saturated rings. The molecule has 2 unspecified atom stereocenters. The van der Waals surface area contributed by atoms with E-state index in [1.54, 1.807) is 16.9 Å². The van der Waals surface area contributed by atoms with Crippen molar-refractivity contribution in [3.8, 4) is 0 Å². The van der Waals surface area contributed by atoms with E-state index in [9.17, 15) is 9.59 Å². The number of carbonyl (C=O) groups excluding carboxylic acids is 2. The molecule has 2 N–H and O–H groups in total. The van der Waals surface area contributed by atoms with Crippen LogP contribution in [-0.2, 0) is 17.8 Å². The quantitative estimate of drug-likeness (QED) is 0.875. The molecule has 2 aromatic rings. The van der Waals surface area contributed by atoms with Crippen molar-refractivity contribution in [3.63, 3.8) is 0 Å². The molecule has 0 bridgehead atoms. The molecular formula is C18H22N4O2. The number of benzene rings is 1. The summed E-state index contributed by atoms with van der Waals surface area (Å²) in [7, 11) is 0. The van der Waals surface area contributed by atoms with Crippen LogP contribution in [0.1, 0.15) is 35.8 Å². The number of piperidine rings is 1. The summed E-state index contributed by atoms with van der Waals surface area (Å²) in [5.74, 6) is -0.102. The molecule has 6 heteroatoms. The Morgan fingerprint density at radius 3 is 2.88 bits per heavy atom. The smallest absolute Gasteiger partial charge is 0.269 e. The van der Waals surface area contributed by atoms with Gasteiger partial charge in [0.25, 0.3) is 5.91 Å². The van der Waals surface area contributed by atoms with Crippen molar-refractivity contribution >= 4 is 11.8 Å². The Balaban J connectivity index is 1.61. The number of hydrogen-bond donors (Lipinski definition) is 2. The molecule has 2 heterocycles. The van der Waals surface area contributed by atoms with E-state index in [4.69, 9.17) is 0 Å². The molecule has 1 aliphatic rings. The van der Waals surface area contributed by atoms with Gasteiger partial charge in [0.15, 0.2) is 0 Å². The van der Waals surface area contributed by atoms with Crippen molar-refractivity contribution in [1.29, 1.82) is 0 Å². The maximum atomic E-state index is 12.5. The Kier molecular flexibility index (Phi) is 4.93. The fraction of sp³-hybridized carbons (Fsp3) is 0.389. The van der Waals surface area contributed by atoms with Crippen LogP contribution in [0.2, 0.25) is 0 Å². The molecule has 1 saturated heterocycles. The van der Waals surface area contributed by atoms with E-state index in [2.05, 4.69) is 27.9 Å². The van der Waals surface area contributed by atoms with Crippen LogP contribution in [0, 0.1) is 0 Å². The van der Waals surface area contributed by atoms with E-state index < -0.39 is 0 Å². The highest BCUT2D eigenvalue weighted by atomic mass is 16.2. The van der Waals surface area contributed by atoms with Crippen LogP contribution >= 0.6 is 0 Å². The van der Waals surface area contributed by atoms with E-state index in [-0.39, 0.29) is 23.9 Å². The predicted octanol–water partition coefficient (Wildman–Crippen LogP) is 1.52. The van der Waals surface area contributed by atoms with Gasteiger partial charge in [0.1, 0.15) is 5.69 Å². The molecule has 24 heavy (non-hydrogen) atoms. The topological polar surface area (TPSA) is 76.0 Å². The molecule has 1 aromatic carbocycles. The summed E-state index contributed by atoms with van der Waals surface area (Å²) in [4.78, 5) is 23.9. The lowest BCUT2D eigenvalue weighted by Crippen LogP contribution is -2.54. The minimum atomic E-state index is -0.145. The maximum absolute atomic E-state index is 12.5. The van der Waals surface area contributed by atoms with Gasteiger partial charge in [-0.2, -0.15) is 5.10 Å². The monoisotopic (exact) mass is 326 g/mol. The Morgan fingerprint density at radius 1 is 1.33 bits per heavy atom. The summed E-state index contributed by atoms with van der Waals surface area (Å²) < 4.78 is 1.73. The zero-order chi connectivity index (χ0) is 16.9. The largest absolute Gasteiger partial charge is 0.352 e. The summed E-state index contributed by atoms with van der Waals surface area (Å²) in [6.45, 7) is 2.56. The fourth-order valence-electron chi connectivity index (χ4n) is 2.99. The lowest BCUT2D eigenvalue weighted by atomic mass is 9.99. The molecule has 1 aromatic heterocycles. The minimum absolute atomic E-state index is 0.0425. The van der Waals surface area contributed by atoms with Crippen LogP contribution in [0.25, 0.3) is 0 Å². The number of aromatic nitrogens is 2. The average Bonchev–Trinajstić information content (AvgIpc) is 3.05. The molecule has 1 aliphatic heterocycles. The molecule has 2 atom stereocenters. The zero-order valence-corrected chi connectivity index (χ0v) is 13.7. The highest BCUT2D eigenvalue weighted by Gasteiger charge is 2.27. The molecule has 3 rings (SSSR count). The summed E-state index contributed by atoms with van der Waals surface area (Å²) >= 11 is 0. The van der Waals surface area contributed by atoms with Gasteiger partial charge in [-0.05, 0) is 31.4 Å². The normalized spacial score (nSPS) is 20.5. The molecule has 2 amide bonds. The van der Waals surface area contributed by atoms with Crippen molar-refractivity contribution in [1.82, 2.24) is 20.4 Å². The first-order chi connectivity index (χ1) is 11.6. The molecule has 0 aliphatic carbocycles. The number of aryl methyl sites for hydroxylation is 2. The lowest BCUT2D eigenvalue weighted by Gasteiger charge is -2.30. The van der Waals surface area contributed by atoms with Gasteiger partial charge in [-0.3, -0.25) is 14.3 Å². The number of rotatable bonds is 5. The van der Waals surface area contributed by atoms with Crippen molar-refractivity contribution in [3.05, 3.63) is 53.9 Å². The van der Waals surface area contributed by atoms with Crippen LogP contribution in [0.15, 0.2) is 42.6 Å². The molecule has 0 spiro atoms. The highest BCUT2D eigenvalue weighted by Crippen LogP contribution is 2.11. The third kappa shape index (κ3) is 3.82. The van der Waals surface area contributed by atoms with Crippen molar-refractivity contribution in [2.75, 3.05) is 0 Å². The van der Waals surface area contributed by atoms with Gasteiger partial charge >= 0.3 is 0 Å². The van der Waals surface area contributed by atoms with Crippen molar-refractivity contribution in [2.24, 2.45) is 0 Å². The van der Waals surface area contributed by atoms with Crippen LogP contribution in [-0.4, -0.2) is 33.7 Å². The van der Waals surface area contributed by atoms with E-state index in [1.165, 1.54) is 5.56 Å². The Hall–Kier alpha value is -2.63. The van der Waals surface area contributed by atoms with Crippen molar-refractivity contribution < 1.29 is 9.59 Å². The van der Waals surface area contributed by atoms with E-state index in [0.717, 1.165) is 6.42 Å². The van der Waals surface area contributed by atoms with E-state index in [0.29, 0.717) is 25.1 Å². The number of nitrogens with zero attached hydrogens (tertiary/aromatic N) is 2. The van der Waals surface area contributed by atoms with E-state index >= 15 is 0 Å². The molecule has 6 nitrogen and oxygen atoms in total. The summed E-state index contributed by atoms with van der Waals surface area (Å²) in [6, 6.07) is 11.7. The second-order valence-electron chi connectivity index (χ2n) is 6.15. The first kappa shape index (κ1) is 16.2. The first-order valence-electron chi connectivity index (χ1n) is 8.29. The molecule has 126 valence electrons. The van der Waals surface area contributed by atoms with Gasteiger partial charge < -0.3 is 10.6 Å². The first-order valence-corrected chi connectivity index (χ1v) is 8.29. The number of amides is 2. The Bertz CT molecular complexity index is 711. The summed E-state index contributed by atoms with van der Waals surface area (Å²) in [6.07, 6.45) is 3.57. The Labute approximate surface area is 141 Å². The average molecular weight is 326 g/mol. The van der Waals surface area contributed by atoms with Gasteiger partial charge in [0, 0.05) is 31.2 Å². The van der Waals surface area contributed by atoms with Gasteiger partial charge in [-0.25, -0.2) is 0 Å². The lowest BCUT2D eigenvalue weighted by molar-refractivity contribution is -0.123. The predicted molar refractivity (Wildman–Crippen MR) is 90.5 cm³/mol. The van der Waals surface area contributed by atoms with Gasteiger partial charge in [-0.1, -0.05) is 30.3 Å². The third-order valence-corrected chi connectivity index (χ3v) is 4.40. The van der Waals surface area contributed by atoms with Crippen LogP contribution < -0.4 is 10.6 Å². The minimum Gasteiger partial charge on any atom is -0.352 e. The van der Waals surface area contributed by atoms with Crippen LogP contribution in [0.5, 0.6) is 0 Å². The van der Waals surface area contributed by atoms with Gasteiger partial charge in [0.05, 0.1) is 0 Å². The molecule has 0 saturated carbocycles. The zero-order valence-electron chi connectivity index (χ0n) is 13.7. The second kappa shape index (κ2) is 7.29. The number of hydrogen-bond acceptors (Lipinski definition) is 3. The highest BCUT2D eigenvalue weighted by molar-refractivity contribution is 5.93. The fourth-order valence-corrected chi connectivity index (χ4v) is 2.99. The summed E-state index contributed by atoms with van der Waals surface area (Å²) in [5.41, 5.74) is 1.76. The van der Waals surface area contributed by atoms with Crippen molar-refractivity contribution in [2.45, 2.75) is 44.8 Å². The number of nitrogens with one attached hydrogen (secondary N) is 2. The Morgan fingerprint density at radius 2 is 2.12 bits per heavy atom. The standard InChI is InChI=1S/C18H22N4O2/c1-13-15(7-8-17(23)20-13)21-18(24)16-9-11-19-22(16)12-10-14-5-3-2-4-6-14/h2-6,9,11,13,15H,7-8,10,12H2,1H3,(H,20,23)(H,21,24). The second-order valence-corrected chi connectivity index (χ2v) is 6.15. The van der Waals surface area contributed by atoms with Gasteiger partial charge in [0.2, 0.25) is 5.91 Å².